The van der Waals surface area contributed by atoms with Crippen molar-refractivity contribution in [3.63, 3.8) is 0 Å². The summed E-state index contributed by atoms with van der Waals surface area (Å²) in [5.41, 5.74) is 7.78. The molecule has 2 heterocycles. The molecule has 2 aliphatic heterocycles. The van der Waals surface area contributed by atoms with Crippen LogP contribution in [0.5, 0.6) is 23.0 Å². The van der Waals surface area contributed by atoms with Crippen LogP contribution in [0, 0.1) is 43.4 Å². The third kappa shape index (κ3) is 17.1. The molecule has 4 aromatic rings. The van der Waals surface area contributed by atoms with Crippen molar-refractivity contribution in [2.45, 2.75) is 153 Å². The molecular formula is C63H91N3O11. The Morgan fingerprint density at radius 3 is 1.62 bits per heavy atom. The zero-order chi connectivity index (χ0) is 55.4. The van der Waals surface area contributed by atoms with Crippen LogP contribution in [0.3, 0.4) is 0 Å². The molecule has 14 heteroatoms. The van der Waals surface area contributed by atoms with Gasteiger partial charge in [0.25, 0.3) is 0 Å². The van der Waals surface area contributed by atoms with Crippen molar-refractivity contribution in [3.05, 3.63) is 119 Å². The van der Waals surface area contributed by atoms with E-state index in [1.54, 1.807) is 14.2 Å². The summed E-state index contributed by atoms with van der Waals surface area (Å²) in [6.45, 7) is 10.4. The van der Waals surface area contributed by atoms with Crippen LogP contribution in [0.4, 0.5) is 0 Å². The van der Waals surface area contributed by atoms with E-state index in [1.807, 2.05) is 123 Å². The van der Waals surface area contributed by atoms with Gasteiger partial charge in [-0.3, -0.25) is 9.59 Å². The Morgan fingerprint density at radius 1 is 0.636 bits per heavy atom. The molecule has 4 aromatic carbocycles. The Bertz CT molecular complexity index is 2420. The number of nitrogens with one attached hydrogen (secondary N) is 1. The van der Waals surface area contributed by atoms with Gasteiger partial charge in [0.05, 0.1) is 29.3 Å². The zero-order valence-electron chi connectivity index (χ0n) is 46.6. The second kappa shape index (κ2) is 30.5. The Morgan fingerprint density at radius 2 is 1.13 bits per heavy atom. The maximum atomic E-state index is 13.5. The highest BCUT2D eigenvalue weighted by Gasteiger charge is 2.45. The highest BCUT2D eigenvalue weighted by Crippen LogP contribution is 2.46. The molecule has 10 atom stereocenters. The SMILES string of the molecule is COCCCC[C@@](O)(c1ccccc1Oc1ccccc1C)[C@@H]1CCCN(C(=O)C2CC[C@H](O)[C@H](N)C2)C1.COCCCC[C@@](O)(c1ccccc1Oc1ccccc1C)[C@@H]1CCCNC1.C[C@@H]1CC(C(=O)O)CC[C@@H]1O. The smallest absolute Gasteiger partial charge is 0.306 e. The van der Waals surface area contributed by atoms with Gasteiger partial charge < -0.3 is 60.4 Å². The fraction of sp³-hybridized carbons (Fsp3) is 0.587. The monoisotopic (exact) mass is 1070 g/mol. The van der Waals surface area contributed by atoms with Gasteiger partial charge in [-0.05, 0) is 164 Å². The number of hydrogen-bond donors (Lipinski definition) is 7. The summed E-state index contributed by atoms with van der Waals surface area (Å²) >= 11 is 0. The van der Waals surface area contributed by atoms with Crippen molar-refractivity contribution in [3.8, 4) is 23.0 Å². The van der Waals surface area contributed by atoms with Crippen molar-refractivity contribution in [2.75, 3.05) is 53.6 Å². The van der Waals surface area contributed by atoms with Crippen LogP contribution in [-0.4, -0.2) is 114 Å². The number of unbranched alkanes of at least 4 members (excludes halogenated alkanes) is 2. The van der Waals surface area contributed by atoms with Crippen LogP contribution >= 0.6 is 0 Å². The number of para-hydroxylation sites is 4. The van der Waals surface area contributed by atoms with Crippen molar-refractivity contribution >= 4 is 11.9 Å². The van der Waals surface area contributed by atoms with Crippen LogP contribution in [0.25, 0.3) is 0 Å². The summed E-state index contributed by atoms with van der Waals surface area (Å²) in [4.78, 5) is 26.0. The lowest BCUT2D eigenvalue weighted by Gasteiger charge is -2.44. The largest absolute Gasteiger partial charge is 0.481 e. The van der Waals surface area contributed by atoms with Gasteiger partial charge in [0, 0.05) is 82.0 Å². The second-order valence-electron chi connectivity index (χ2n) is 22.3. The minimum absolute atomic E-state index is 0.100. The van der Waals surface area contributed by atoms with E-state index in [-0.39, 0.29) is 47.6 Å². The Balaban J connectivity index is 0.000000214. The molecule has 2 saturated carbocycles. The lowest BCUT2D eigenvalue weighted by molar-refractivity contribution is -0.144. The van der Waals surface area contributed by atoms with Gasteiger partial charge in [-0.15, -0.1) is 0 Å². The molecule has 0 bridgehead atoms. The van der Waals surface area contributed by atoms with Crippen LogP contribution in [0.15, 0.2) is 97.1 Å². The summed E-state index contributed by atoms with van der Waals surface area (Å²) < 4.78 is 23.2. The molecule has 0 spiro atoms. The van der Waals surface area contributed by atoms with E-state index < -0.39 is 23.3 Å². The molecular weight excluding hydrogens is 975 g/mol. The first-order valence-electron chi connectivity index (χ1n) is 28.5. The number of benzene rings is 4. The van der Waals surface area contributed by atoms with E-state index in [2.05, 4.69) is 5.32 Å². The van der Waals surface area contributed by atoms with E-state index in [0.29, 0.717) is 76.8 Å². The molecule has 2 unspecified atom stereocenters. The first-order chi connectivity index (χ1) is 37.1. The molecule has 2 aliphatic carbocycles. The molecule has 2 saturated heterocycles. The van der Waals surface area contributed by atoms with Gasteiger partial charge in [-0.25, -0.2) is 0 Å². The molecule has 1 amide bonds. The van der Waals surface area contributed by atoms with Gasteiger partial charge >= 0.3 is 5.97 Å². The van der Waals surface area contributed by atoms with Gasteiger partial charge in [-0.1, -0.05) is 79.7 Å². The molecule has 8 rings (SSSR count). The first kappa shape index (κ1) is 61.3. The van der Waals surface area contributed by atoms with Gasteiger partial charge in [0.2, 0.25) is 5.91 Å². The number of piperidine rings is 2. The quantitative estimate of drug-likeness (QED) is 0.0411. The van der Waals surface area contributed by atoms with Crippen LogP contribution in [0.1, 0.15) is 132 Å². The number of carbonyl (C=O) groups excluding carboxylic acids is 1. The van der Waals surface area contributed by atoms with Crippen molar-refractivity contribution < 1.29 is 54.1 Å². The van der Waals surface area contributed by atoms with E-state index >= 15 is 0 Å². The summed E-state index contributed by atoms with van der Waals surface area (Å²) in [6, 6.07) is 31.3. The van der Waals surface area contributed by atoms with E-state index in [9.17, 15) is 30.0 Å². The normalized spacial score (nSPS) is 25.1. The Kier molecular flexibility index (Phi) is 24.3. The Labute approximate surface area is 458 Å². The fourth-order valence-electron chi connectivity index (χ4n) is 11.9. The number of aliphatic hydroxyl groups excluding tert-OH is 2. The molecule has 77 heavy (non-hydrogen) atoms. The number of rotatable bonds is 20. The second-order valence-corrected chi connectivity index (χ2v) is 22.3. The van der Waals surface area contributed by atoms with Crippen LogP contribution in [-0.2, 0) is 30.3 Å². The standard InChI is InChI=1S/C31H44N2O5.C24H33NO3.C8H14O3/c1-22-10-3-5-13-28(22)38-29-14-6-4-12-25(29)31(36,17-7-8-19-37-2)24-11-9-18-33(21-24)30(35)23-15-16-27(34)26(32)20-23;1-19-10-3-5-13-22(19)28-23-14-6-4-12-21(23)24(26,15-7-8-17-27-2)20-11-9-16-25-18-20;1-5-4-6(8(10)11)2-3-7(5)9/h3-6,10,12-14,23-24,26-27,34,36H,7-9,11,15-21,32H2,1-2H3;3-6,10,12-14,20,25-26H,7-9,11,15-18H2,1-2H3;5-7,9H,2-4H2,1H3,(H,10,11)/t23?,24-,26-,27+,31+;20-,24+;5-,6?,7+/m111/s1. The molecule has 0 radical (unpaired) electrons. The van der Waals surface area contributed by atoms with Gasteiger partial charge in [-0.2, -0.15) is 0 Å². The Hall–Kier alpha value is -4.90. The van der Waals surface area contributed by atoms with Crippen molar-refractivity contribution in [1.29, 1.82) is 0 Å². The number of ether oxygens (including phenoxy) is 4. The molecule has 4 aliphatic rings. The van der Waals surface area contributed by atoms with Gasteiger partial charge in [0.15, 0.2) is 0 Å². The lowest BCUT2D eigenvalue weighted by atomic mass is 9.73. The number of carboxylic acid groups (broad SMARTS) is 1. The molecule has 14 nitrogen and oxygen atoms in total. The van der Waals surface area contributed by atoms with Gasteiger partial charge in [0.1, 0.15) is 23.0 Å². The maximum absolute atomic E-state index is 13.5. The average molecular weight is 1070 g/mol. The summed E-state index contributed by atoms with van der Waals surface area (Å²) in [7, 11) is 3.42. The number of aliphatic hydroxyl groups is 4. The number of aliphatic carboxylic acids is 1. The van der Waals surface area contributed by atoms with Crippen LogP contribution < -0.4 is 20.5 Å². The number of methoxy groups -OCH3 is 2. The highest BCUT2D eigenvalue weighted by atomic mass is 16.5. The van der Waals surface area contributed by atoms with E-state index in [0.717, 1.165) is 111 Å². The number of amides is 1. The van der Waals surface area contributed by atoms with E-state index in [1.165, 1.54) is 0 Å². The molecule has 8 N–H and O–H groups in total. The summed E-state index contributed by atoms with van der Waals surface area (Å²) in [5, 5.41) is 55.9. The highest BCUT2D eigenvalue weighted by molar-refractivity contribution is 5.79. The number of likely N-dealkylation sites (tertiary alicyclic amines) is 1. The number of carboxylic acids is 1. The molecule has 0 aromatic heterocycles. The predicted molar refractivity (Wildman–Crippen MR) is 301 cm³/mol. The maximum Gasteiger partial charge on any atom is 0.306 e. The predicted octanol–water partition coefficient (Wildman–Crippen LogP) is 10.2. The minimum Gasteiger partial charge on any atom is -0.481 e. The van der Waals surface area contributed by atoms with Crippen LogP contribution in [0.2, 0.25) is 0 Å². The molecule has 424 valence electrons. The number of nitrogens with two attached hydrogens (primary N) is 1. The third-order valence-corrected chi connectivity index (χ3v) is 16.7. The average Bonchev–Trinajstić information content (AvgIpc) is 3.48. The first-order valence-corrected chi connectivity index (χ1v) is 28.5. The lowest BCUT2D eigenvalue weighted by Crippen LogP contribution is -2.51. The molecule has 4 fully saturated rings. The number of hydrogen-bond acceptors (Lipinski definition) is 12. The summed E-state index contributed by atoms with van der Waals surface area (Å²) in [6.07, 6.45) is 11.3. The number of aryl methyl sites for hydroxylation is 2. The fourth-order valence-corrected chi connectivity index (χ4v) is 11.9. The van der Waals surface area contributed by atoms with Crippen molar-refractivity contribution in [1.82, 2.24) is 10.2 Å². The zero-order valence-corrected chi connectivity index (χ0v) is 46.6. The topological polar surface area (TPSA) is 213 Å². The third-order valence-electron chi connectivity index (χ3n) is 16.7. The minimum atomic E-state index is -1.16. The summed E-state index contributed by atoms with van der Waals surface area (Å²) in [5.74, 6) is 2.15. The van der Waals surface area contributed by atoms with Crippen molar-refractivity contribution in [2.24, 2.45) is 35.3 Å². The number of nitrogens with zero attached hydrogens (tertiary/aromatic N) is 1. The van der Waals surface area contributed by atoms with E-state index in [4.69, 9.17) is 29.8 Å². The number of carbonyl (C=O) groups is 2.